The van der Waals surface area contributed by atoms with Gasteiger partial charge in [0.1, 0.15) is 11.3 Å². The number of carbonyl (C=O) groups is 1. The fourth-order valence-electron chi connectivity index (χ4n) is 1.78. The maximum absolute atomic E-state index is 11.3. The van der Waals surface area contributed by atoms with Crippen LogP contribution in [0.2, 0.25) is 0 Å². The average Bonchev–Trinajstić information content (AvgIpc) is 2.32. The standard InChI is InChI=1S/C12H17NO3/c1-4-12(13-2,11(14)15)9-5-7-10(16-3)8-6-9/h5-8,13H,4H2,1-3H3,(H,14,15). The molecule has 0 spiro atoms. The minimum atomic E-state index is -1.02. The Labute approximate surface area is 95.2 Å². The minimum absolute atomic E-state index is 0.477. The molecule has 0 radical (unpaired) electrons. The van der Waals surface area contributed by atoms with Crippen LogP contribution in [0.1, 0.15) is 18.9 Å². The topological polar surface area (TPSA) is 58.6 Å². The van der Waals surface area contributed by atoms with Gasteiger partial charge in [-0.25, -0.2) is 4.79 Å². The normalized spacial score (nSPS) is 14.2. The van der Waals surface area contributed by atoms with E-state index >= 15 is 0 Å². The third-order valence-corrected chi connectivity index (χ3v) is 2.91. The summed E-state index contributed by atoms with van der Waals surface area (Å²) in [6.45, 7) is 1.84. The third-order valence-electron chi connectivity index (χ3n) is 2.91. The lowest BCUT2D eigenvalue weighted by atomic mass is 9.87. The van der Waals surface area contributed by atoms with Gasteiger partial charge in [-0.1, -0.05) is 19.1 Å². The summed E-state index contributed by atoms with van der Waals surface area (Å²) in [7, 11) is 3.24. The van der Waals surface area contributed by atoms with Crippen molar-refractivity contribution in [3.8, 4) is 5.75 Å². The lowest BCUT2D eigenvalue weighted by Gasteiger charge is -2.28. The summed E-state index contributed by atoms with van der Waals surface area (Å²) in [4.78, 5) is 11.3. The summed E-state index contributed by atoms with van der Waals surface area (Å²) in [5, 5.41) is 12.2. The molecule has 16 heavy (non-hydrogen) atoms. The van der Waals surface area contributed by atoms with E-state index in [0.717, 1.165) is 11.3 Å². The number of nitrogens with one attached hydrogen (secondary N) is 1. The van der Waals surface area contributed by atoms with E-state index in [-0.39, 0.29) is 0 Å². The summed E-state index contributed by atoms with van der Waals surface area (Å²) in [6, 6.07) is 7.07. The second-order valence-corrected chi connectivity index (χ2v) is 3.54. The molecule has 0 aromatic heterocycles. The van der Waals surface area contributed by atoms with Gasteiger partial charge >= 0.3 is 5.97 Å². The lowest BCUT2D eigenvalue weighted by Crippen LogP contribution is -2.46. The van der Waals surface area contributed by atoms with Crippen molar-refractivity contribution in [1.29, 1.82) is 0 Å². The zero-order chi connectivity index (χ0) is 12.2. The molecule has 1 atom stereocenters. The molecule has 4 heteroatoms. The molecule has 0 saturated carbocycles. The summed E-state index contributed by atoms with van der Waals surface area (Å²) in [5.41, 5.74) is -0.294. The van der Waals surface area contributed by atoms with E-state index in [9.17, 15) is 9.90 Å². The number of ether oxygens (including phenoxy) is 1. The van der Waals surface area contributed by atoms with Gasteiger partial charge in [0, 0.05) is 0 Å². The Morgan fingerprint density at radius 3 is 2.31 bits per heavy atom. The van der Waals surface area contributed by atoms with Crippen LogP contribution in [0.4, 0.5) is 0 Å². The first-order chi connectivity index (χ1) is 7.60. The Kier molecular flexibility index (Phi) is 3.90. The predicted octanol–water partition coefficient (Wildman–Crippen LogP) is 1.60. The van der Waals surface area contributed by atoms with Crippen LogP contribution in [0.5, 0.6) is 5.75 Å². The molecule has 0 aliphatic carbocycles. The minimum Gasteiger partial charge on any atom is -0.497 e. The number of benzene rings is 1. The van der Waals surface area contributed by atoms with Crippen molar-refractivity contribution in [2.75, 3.05) is 14.2 Å². The van der Waals surface area contributed by atoms with Crippen LogP contribution in [0, 0.1) is 0 Å². The van der Waals surface area contributed by atoms with Crippen LogP contribution >= 0.6 is 0 Å². The first-order valence-electron chi connectivity index (χ1n) is 5.17. The van der Waals surface area contributed by atoms with Gasteiger partial charge in [0.25, 0.3) is 0 Å². The molecule has 1 unspecified atom stereocenters. The number of hydrogen-bond donors (Lipinski definition) is 2. The predicted molar refractivity (Wildman–Crippen MR) is 61.7 cm³/mol. The van der Waals surface area contributed by atoms with Crippen LogP contribution in [-0.4, -0.2) is 25.2 Å². The Bertz CT molecular complexity index is 355. The lowest BCUT2D eigenvalue weighted by molar-refractivity contribution is -0.145. The van der Waals surface area contributed by atoms with Crippen molar-refractivity contribution in [2.24, 2.45) is 0 Å². The summed E-state index contributed by atoms with van der Waals surface area (Å²) < 4.78 is 5.04. The molecule has 0 saturated heterocycles. The molecule has 1 rings (SSSR count). The van der Waals surface area contributed by atoms with Crippen LogP contribution in [0.3, 0.4) is 0 Å². The molecular formula is C12H17NO3. The molecule has 0 fully saturated rings. The number of carboxylic acid groups (broad SMARTS) is 1. The smallest absolute Gasteiger partial charge is 0.328 e. The monoisotopic (exact) mass is 223 g/mol. The maximum Gasteiger partial charge on any atom is 0.328 e. The molecular weight excluding hydrogens is 206 g/mol. The quantitative estimate of drug-likeness (QED) is 0.796. The third kappa shape index (κ3) is 2.02. The molecule has 1 aromatic carbocycles. The van der Waals surface area contributed by atoms with Gasteiger partial charge in [-0.2, -0.15) is 0 Å². The van der Waals surface area contributed by atoms with Gasteiger partial charge in [0.2, 0.25) is 0 Å². The van der Waals surface area contributed by atoms with Crippen molar-refractivity contribution in [3.63, 3.8) is 0 Å². The molecule has 2 N–H and O–H groups in total. The van der Waals surface area contributed by atoms with Crippen molar-refractivity contribution < 1.29 is 14.6 Å². The molecule has 1 aromatic rings. The largest absolute Gasteiger partial charge is 0.497 e. The molecule has 88 valence electrons. The first kappa shape index (κ1) is 12.5. The Hall–Kier alpha value is -1.55. The van der Waals surface area contributed by atoms with Crippen molar-refractivity contribution >= 4 is 5.97 Å². The second-order valence-electron chi connectivity index (χ2n) is 3.54. The number of methoxy groups -OCH3 is 1. The van der Waals surface area contributed by atoms with E-state index in [2.05, 4.69) is 5.32 Å². The van der Waals surface area contributed by atoms with Gasteiger partial charge < -0.3 is 15.2 Å². The van der Waals surface area contributed by atoms with Crippen molar-refractivity contribution in [1.82, 2.24) is 5.32 Å². The van der Waals surface area contributed by atoms with Crippen molar-refractivity contribution in [2.45, 2.75) is 18.9 Å². The molecule has 0 aliphatic heterocycles. The van der Waals surface area contributed by atoms with Crippen LogP contribution < -0.4 is 10.1 Å². The van der Waals surface area contributed by atoms with Gasteiger partial charge in [-0.05, 0) is 31.2 Å². The van der Waals surface area contributed by atoms with Crippen LogP contribution in [0.25, 0.3) is 0 Å². The molecule has 0 bridgehead atoms. The number of aliphatic carboxylic acids is 1. The van der Waals surface area contributed by atoms with Crippen LogP contribution in [0.15, 0.2) is 24.3 Å². The van der Waals surface area contributed by atoms with E-state index in [4.69, 9.17) is 4.74 Å². The highest BCUT2D eigenvalue weighted by Crippen LogP contribution is 2.26. The van der Waals surface area contributed by atoms with Gasteiger partial charge in [0.05, 0.1) is 7.11 Å². The Balaban J connectivity index is 3.16. The number of carboxylic acids is 1. The highest BCUT2D eigenvalue weighted by molar-refractivity contribution is 5.80. The molecule has 0 heterocycles. The maximum atomic E-state index is 11.3. The molecule has 4 nitrogen and oxygen atoms in total. The van der Waals surface area contributed by atoms with Crippen LogP contribution in [-0.2, 0) is 10.3 Å². The zero-order valence-electron chi connectivity index (χ0n) is 9.78. The van der Waals surface area contributed by atoms with Gasteiger partial charge in [-0.15, -0.1) is 0 Å². The Morgan fingerprint density at radius 1 is 1.44 bits per heavy atom. The van der Waals surface area contributed by atoms with E-state index in [1.54, 1.807) is 38.4 Å². The number of hydrogen-bond acceptors (Lipinski definition) is 3. The average molecular weight is 223 g/mol. The highest BCUT2D eigenvalue weighted by Gasteiger charge is 2.36. The fraction of sp³-hybridized carbons (Fsp3) is 0.417. The van der Waals surface area contributed by atoms with Crippen molar-refractivity contribution in [3.05, 3.63) is 29.8 Å². The van der Waals surface area contributed by atoms with E-state index in [1.165, 1.54) is 0 Å². The van der Waals surface area contributed by atoms with E-state index < -0.39 is 11.5 Å². The first-order valence-corrected chi connectivity index (χ1v) is 5.17. The highest BCUT2D eigenvalue weighted by atomic mass is 16.5. The van der Waals surface area contributed by atoms with E-state index in [1.807, 2.05) is 6.92 Å². The summed E-state index contributed by atoms with van der Waals surface area (Å²) in [6.07, 6.45) is 0.477. The SMILES string of the molecule is CCC(NC)(C(=O)O)c1ccc(OC)cc1. The number of likely N-dealkylation sites (N-methyl/N-ethyl adjacent to an activating group) is 1. The zero-order valence-corrected chi connectivity index (χ0v) is 9.78. The summed E-state index contributed by atoms with van der Waals surface area (Å²) >= 11 is 0. The Morgan fingerprint density at radius 2 is 2.00 bits per heavy atom. The second kappa shape index (κ2) is 4.99. The van der Waals surface area contributed by atoms with Gasteiger partial charge in [-0.3, -0.25) is 0 Å². The fourth-order valence-corrected chi connectivity index (χ4v) is 1.78. The number of rotatable bonds is 5. The summed E-state index contributed by atoms with van der Waals surface area (Å²) in [5.74, 6) is -0.155. The molecule has 0 aliphatic rings. The van der Waals surface area contributed by atoms with E-state index in [0.29, 0.717) is 6.42 Å². The molecule has 0 amide bonds. The van der Waals surface area contributed by atoms with Gasteiger partial charge in [0.15, 0.2) is 0 Å².